The van der Waals surface area contributed by atoms with E-state index in [1.54, 1.807) is 0 Å². The van der Waals surface area contributed by atoms with E-state index in [9.17, 15) is 0 Å². The van der Waals surface area contributed by atoms with Gasteiger partial charge in [0, 0.05) is 36.4 Å². The second-order valence-electron chi connectivity index (χ2n) is 9.12. The van der Waals surface area contributed by atoms with Gasteiger partial charge in [0.05, 0.1) is 0 Å². The fraction of sp³-hybridized carbons (Fsp3) is 0.480. The molecule has 3 heteroatoms. The Kier molecular flexibility index (Phi) is 5.46. The smallest absolute Gasteiger partial charge is 0.109 e. The Hall–Kier alpha value is -1.87. The molecule has 0 amide bonds. The summed E-state index contributed by atoms with van der Waals surface area (Å²) in [5.41, 5.74) is 5.55. The second kappa shape index (κ2) is 7.87. The number of hydrogen-bond acceptors (Lipinski definition) is 2. The van der Waals surface area contributed by atoms with Crippen molar-refractivity contribution < 1.29 is 0 Å². The van der Waals surface area contributed by atoms with Gasteiger partial charge in [-0.3, -0.25) is 0 Å². The molecule has 1 unspecified atom stereocenters. The van der Waals surface area contributed by atoms with Crippen molar-refractivity contribution in [2.75, 3.05) is 18.0 Å². The molecule has 4 rings (SSSR count). The molecule has 2 aliphatic heterocycles. The van der Waals surface area contributed by atoms with Crippen molar-refractivity contribution in [3.05, 3.63) is 65.2 Å². The highest BCUT2D eigenvalue weighted by atomic mass is 32.1. The van der Waals surface area contributed by atoms with Gasteiger partial charge in [-0.05, 0) is 74.8 Å². The number of benzene rings is 2. The van der Waals surface area contributed by atoms with Crippen molar-refractivity contribution in [2.24, 2.45) is 0 Å². The molecular formula is C25H32N2S. The lowest BCUT2D eigenvalue weighted by molar-refractivity contribution is 0.347. The number of hydrogen-bond donors (Lipinski definition) is 0. The molecule has 2 aromatic rings. The van der Waals surface area contributed by atoms with Crippen molar-refractivity contribution >= 4 is 22.9 Å². The van der Waals surface area contributed by atoms with E-state index in [2.05, 4.69) is 79.1 Å². The molecule has 0 aromatic heterocycles. The number of thiocarbonyl (C=S) groups is 1. The van der Waals surface area contributed by atoms with Crippen LogP contribution in [0.2, 0.25) is 0 Å². The average molecular weight is 393 g/mol. The molecule has 2 nitrogen and oxygen atoms in total. The fourth-order valence-corrected chi connectivity index (χ4v) is 5.28. The number of piperidine rings is 1. The van der Waals surface area contributed by atoms with Crippen LogP contribution >= 0.6 is 12.2 Å². The molecule has 0 bridgehead atoms. The van der Waals surface area contributed by atoms with E-state index in [0.29, 0.717) is 5.92 Å². The van der Waals surface area contributed by atoms with Crippen molar-refractivity contribution in [3.8, 4) is 0 Å². The van der Waals surface area contributed by atoms with E-state index < -0.39 is 0 Å². The molecule has 28 heavy (non-hydrogen) atoms. The number of rotatable bonds is 3. The first kappa shape index (κ1) is 19.4. The van der Waals surface area contributed by atoms with E-state index in [4.69, 9.17) is 12.2 Å². The lowest BCUT2D eigenvalue weighted by Crippen LogP contribution is -2.48. The van der Waals surface area contributed by atoms with Crippen LogP contribution in [0.4, 0.5) is 5.69 Å². The zero-order valence-corrected chi connectivity index (χ0v) is 18.3. The summed E-state index contributed by atoms with van der Waals surface area (Å²) in [4.78, 5) is 6.03. The van der Waals surface area contributed by atoms with Gasteiger partial charge in [0.1, 0.15) is 4.99 Å². The standard InChI is InChI=1S/C25H32N2S/c1-19-17-25(2,3)27(18-20-10-6-4-7-11-20)23-13-12-21(16-22(19)23)24(28)26-14-8-5-9-15-26/h4,6-7,10-13,16,19H,5,8-9,14-15,17-18H2,1-3H3. The summed E-state index contributed by atoms with van der Waals surface area (Å²) in [5, 5.41) is 0. The maximum Gasteiger partial charge on any atom is 0.109 e. The Morgan fingerprint density at radius 1 is 1.04 bits per heavy atom. The third-order valence-corrected chi connectivity index (χ3v) is 6.95. The van der Waals surface area contributed by atoms with Gasteiger partial charge in [0.25, 0.3) is 0 Å². The third kappa shape index (κ3) is 3.82. The van der Waals surface area contributed by atoms with Crippen LogP contribution in [0, 0.1) is 0 Å². The number of fused-ring (bicyclic) bond motifs is 1. The number of nitrogens with zero attached hydrogens (tertiary/aromatic N) is 2. The maximum atomic E-state index is 5.88. The Labute approximate surface area is 175 Å². The van der Waals surface area contributed by atoms with Crippen LogP contribution in [0.15, 0.2) is 48.5 Å². The molecule has 1 fully saturated rings. The van der Waals surface area contributed by atoms with Crippen LogP contribution in [0.1, 0.15) is 69.1 Å². The van der Waals surface area contributed by atoms with E-state index in [1.807, 2.05) is 0 Å². The third-order valence-electron chi connectivity index (χ3n) is 6.46. The van der Waals surface area contributed by atoms with E-state index in [-0.39, 0.29) is 5.54 Å². The normalized spacial score (nSPS) is 21.3. The predicted octanol–water partition coefficient (Wildman–Crippen LogP) is 6.14. The lowest BCUT2D eigenvalue weighted by Gasteiger charge is -2.48. The lowest BCUT2D eigenvalue weighted by atomic mass is 9.79. The Balaban J connectivity index is 1.66. The molecule has 148 valence electrons. The maximum absolute atomic E-state index is 5.88. The monoisotopic (exact) mass is 392 g/mol. The summed E-state index contributed by atoms with van der Waals surface area (Å²) < 4.78 is 0. The molecule has 2 aliphatic rings. The molecule has 0 saturated carbocycles. The van der Waals surface area contributed by atoms with Crippen molar-refractivity contribution in [3.63, 3.8) is 0 Å². The molecule has 2 heterocycles. The van der Waals surface area contributed by atoms with E-state index in [0.717, 1.165) is 31.0 Å². The highest BCUT2D eigenvalue weighted by Crippen LogP contribution is 2.44. The number of likely N-dealkylation sites (tertiary alicyclic amines) is 1. The summed E-state index contributed by atoms with van der Waals surface area (Å²) in [5.74, 6) is 0.543. The molecule has 1 atom stereocenters. The molecule has 0 aliphatic carbocycles. The van der Waals surface area contributed by atoms with Crippen LogP contribution < -0.4 is 4.90 Å². The molecule has 0 spiro atoms. The van der Waals surface area contributed by atoms with Gasteiger partial charge in [-0.1, -0.05) is 49.5 Å². The van der Waals surface area contributed by atoms with Gasteiger partial charge < -0.3 is 9.80 Å². The van der Waals surface area contributed by atoms with Crippen LogP contribution in [0.5, 0.6) is 0 Å². The van der Waals surface area contributed by atoms with Crippen LogP contribution in [-0.4, -0.2) is 28.5 Å². The molecule has 2 aromatic carbocycles. The van der Waals surface area contributed by atoms with Gasteiger partial charge >= 0.3 is 0 Å². The van der Waals surface area contributed by atoms with Gasteiger partial charge in [-0.25, -0.2) is 0 Å². The minimum Gasteiger partial charge on any atom is -0.362 e. The summed E-state index contributed by atoms with van der Waals surface area (Å²) >= 11 is 5.88. The van der Waals surface area contributed by atoms with Gasteiger partial charge in [0.2, 0.25) is 0 Å². The molecule has 1 saturated heterocycles. The largest absolute Gasteiger partial charge is 0.362 e. The first-order valence-electron chi connectivity index (χ1n) is 10.7. The first-order valence-corrected chi connectivity index (χ1v) is 11.1. The van der Waals surface area contributed by atoms with Crippen molar-refractivity contribution in [1.29, 1.82) is 0 Å². The Morgan fingerprint density at radius 2 is 1.75 bits per heavy atom. The van der Waals surface area contributed by atoms with Gasteiger partial charge in [-0.2, -0.15) is 0 Å². The Morgan fingerprint density at radius 3 is 2.46 bits per heavy atom. The highest BCUT2D eigenvalue weighted by molar-refractivity contribution is 7.80. The molecule has 0 radical (unpaired) electrons. The first-order chi connectivity index (χ1) is 13.5. The predicted molar refractivity (Wildman–Crippen MR) is 123 cm³/mol. The fourth-order valence-electron chi connectivity index (χ4n) is 4.97. The average Bonchev–Trinajstić information content (AvgIpc) is 2.71. The Bertz CT molecular complexity index is 837. The zero-order chi connectivity index (χ0) is 19.7. The minimum atomic E-state index is 0.136. The SMILES string of the molecule is CC1CC(C)(C)N(Cc2ccccc2)c2ccc(C(=S)N3CCCCC3)cc21. The van der Waals surface area contributed by atoms with Crippen LogP contribution in [0.3, 0.4) is 0 Å². The van der Waals surface area contributed by atoms with Gasteiger partial charge in [-0.15, -0.1) is 0 Å². The summed E-state index contributed by atoms with van der Waals surface area (Å²) in [6.07, 6.45) is 5.03. The van der Waals surface area contributed by atoms with E-state index >= 15 is 0 Å². The molecule has 0 N–H and O–H groups in total. The quantitative estimate of drug-likeness (QED) is 0.579. The minimum absolute atomic E-state index is 0.136. The van der Waals surface area contributed by atoms with Crippen LogP contribution in [0.25, 0.3) is 0 Å². The van der Waals surface area contributed by atoms with Crippen LogP contribution in [-0.2, 0) is 6.54 Å². The summed E-state index contributed by atoms with van der Waals surface area (Å²) in [6.45, 7) is 10.3. The number of anilines is 1. The topological polar surface area (TPSA) is 6.48 Å². The second-order valence-corrected chi connectivity index (χ2v) is 9.50. The summed E-state index contributed by atoms with van der Waals surface area (Å²) in [7, 11) is 0. The van der Waals surface area contributed by atoms with Crippen molar-refractivity contribution in [1.82, 2.24) is 4.90 Å². The van der Waals surface area contributed by atoms with E-state index in [1.165, 1.54) is 41.6 Å². The highest BCUT2D eigenvalue weighted by Gasteiger charge is 2.36. The van der Waals surface area contributed by atoms with Gasteiger partial charge in [0.15, 0.2) is 0 Å². The zero-order valence-electron chi connectivity index (χ0n) is 17.4. The molecular weight excluding hydrogens is 360 g/mol. The summed E-state index contributed by atoms with van der Waals surface area (Å²) in [6, 6.07) is 17.8. The van der Waals surface area contributed by atoms with Crippen molar-refractivity contribution in [2.45, 2.75) is 64.5 Å².